The van der Waals surface area contributed by atoms with Gasteiger partial charge in [0.05, 0.1) is 0 Å². The van der Waals surface area contributed by atoms with Gasteiger partial charge in [-0.1, -0.05) is 13.8 Å². The van der Waals surface area contributed by atoms with Crippen molar-refractivity contribution in [2.24, 2.45) is 17.3 Å². The lowest BCUT2D eigenvalue weighted by atomic mass is 9.91. The van der Waals surface area contributed by atoms with E-state index in [0.29, 0.717) is 6.04 Å². The molecule has 1 saturated heterocycles. The fourth-order valence-electron chi connectivity index (χ4n) is 3.48. The molecule has 2 nitrogen and oxygen atoms in total. The van der Waals surface area contributed by atoms with Gasteiger partial charge in [0.1, 0.15) is 0 Å². The third-order valence-electron chi connectivity index (χ3n) is 4.74. The smallest absolute Gasteiger partial charge is 0.00388 e. The van der Waals surface area contributed by atoms with E-state index < -0.39 is 0 Å². The number of hydrogen-bond acceptors (Lipinski definition) is 2. The summed E-state index contributed by atoms with van der Waals surface area (Å²) in [5.41, 5.74) is 0.745. The molecule has 0 radical (unpaired) electrons. The van der Waals surface area contributed by atoms with Gasteiger partial charge in [0.15, 0.2) is 0 Å². The molecule has 100 valence electrons. The lowest BCUT2D eigenvalue weighted by Gasteiger charge is -2.30. The molecule has 2 aliphatic rings. The van der Waals surface area contributed by atoms with Crippen molar-refractivity contribution >= 4 is 0 Å². The highest BCUT2D eigenvalue weighted by Crippen LogP contribution is 2.58. The Morgan fingerprint density at radius 1 is 1.18 bits per heavy atom. The third-order valence-corrected chi connectivity index (χ3v) is 4.74. The first-order chi connectivity index (χ1) is 8.03. The maximum Gasteiger partial charge on any atom is 0.00388 e. The highest BCUT2D eigenvalue weighted by Gasteiger charge is 2.53. The quantitative estimate of drug-likeness (QED) is 0.792. The van der Waals surface area contributed by atoms with Crippen molar-refractivity contribution in [1.82, 2.24) is 10.2 Å². The Kier molecular flexibility index (Phi) is 4.14. The fourth-order valence-corrected chi connectivity index (χ4v) is 3.48. The molecule has 0 bridgehead atoms. The van der Waals surface area contributed by atoms with Gasteiger partial charge in [0.2, 0.25) is 0 Å². The molecule has 1 saturated carbocycles. The van der Waals surface area contributed by atoms with Crippen LogP contribution in [0.15, 0.2) is 0 Å². The number of hydrogen-bond donors (Lipinski definition) is 1. The molecule has 1 heterocycles. The third kappa shape index (κ3) is 3.23. The average molecular weight is 238 g/mol. The summed E-state index contributed by atoms with van der Waals surface area (Å²) in [4.78, 5) is 2.70. The van der Waals surface area contributed by atoms with Crippen LogP contribution in [0, 0.1) is 17.3 Å². The van der Waals surface area contributed by atoms with E-state index in [2.05, 4.69) is 37.9 Å². The van der Waals surface area contributed by atoms with Gasteiger partial charge in [-0.15, -0.1) is 0 Å². The highest BCUT2D eigenvalue weighted by molar-refractivity contribution is 5.05. The van der Waals surface area contributed by atoms with E-state index in [1.54, 1.807) is 0 Å². The first kappa shape index (κ1) is 13.4. The monoisotopic (exact) mass is 238 g/mol. The van der Waals surface area contributed by atoms with E-state index in [1.807, 2.05) is 0 Å². The van der Waals surface area contributed by atoms with Crippen LogP contribution in [0.3, 0.4) is 0 Å². The second-order valence-electron chi connectivity index (χ2n) is 6.95. The molecule has 2 fully saturated rings. The predicted octanol–water partition coefficient (Wildman–Crippen LogP) is 2.74. The summed E-state index contributed by atoms with van der Waals surface area (Å²) < 4.78 is 0. The number of nitrogens with one attached hydrogen (secondary N) is 1. The maximum absolute atomic E-state index is 3.50. The van der Waals surface area contributed by atoms with E-state index in [1.165, 1.54) is 45.4 Å². The topological polar surface area (TPSA) is 15.3 Å². The molecule has 1 unspecified atom stereocenters. The number of piperidine rings is 1. The molecule has 0 aromatic carbocycles. The summed E-state index contributed by atoms with van der Waals surface area (Å²) >= 11 is 0. The van der Waals surface area contributed by atoms with Gasteiger partial charge in [-0.3, -0.25) is 0 Å². The van der Waals surface area contributed by atoms with E-state index in [9.17, 15) is 0 Å². The van der Waals surface area contributed by atoms with Crippen molar-refractivity contribution < 1.29 is 0 Å². The van der Waals surface area contributed by atoms with Crippen LogP contribution in [0.5, 0.6) is 0 Å². The molecule has 0 amide bonds. The average Bonchev–Trinajstić information content (AvgIpc) is 2.90. The molecule has 1 N–H and O–H groups in total. The first-order valence-corrected chi connectivity index (χ1v) is 7.48. The van der Waals surface area contributed by atoms with Crippen molar-refractivity contribution in [3.05, 3.63) is 0 Å². The normalized spacial score (nSPS) is 27.4. The summed E-state index contributed by atoms with van der Waals surface area (Å²) in [5, 5.41) is 3.50. The fraction of sp³-hybridized carbons (Fsp3) is 1.00. The minimum atomic E-state index is 0.705. The van der Waals surface area contributed by atoms with Crippen LogP contribution in [0.1, 0.15) is 47.0 Å². The standard InChI is InChI=1S/C15H30N2/c1-12(2)10-17(13(3)4)11-14-9-15(14)5-7-16-8-6-15/h12-14,16H,5-11H2,1-4H3. The molecule has 1 atom stereocenters. The van der Waals surface area contributed by atoms with E-state index in [4.69, 9.17) is 0 Å². The Hall–Kier alpha value is -0.0800. The van der Waals surface area contributed by atoms with Crippen molar-refractivity contribution in [1.29, 1.82) is 0 Å². The Labute approximate surface area is 107 Å². The van der Waals surface area contributed by atoms with Crippen LogP contribution in [0.4, 0.5) is 0 Å². The summed E-state index contributed by atoms with van der Waals surface area (Å²) in [7, 11) is 0. The van der Waals surface area contributed by atoms with Crippen molar-refractivity contribution in [2.75, 3.05) is 26.2 Å². The minimum absolute atomic E-state index is 0.705. The second-order valence-corrected chi connectivity index (χ2v) is 6.95. The van der Waals surface area contributed by atoms with Crippen LogP contribution in [-0.2, 0) is 0 Å². The van der Waals surface area contributed by atoms with E-state index in [-0.39, 0.29) is 0 Å². The minimum Gasteiger partial charge on any atom is -0.317 e. The molecule has 2 heteroatoms. The van der Waals surface area contributed by atoms with Gasteiger partial charge in [-0.05, 0) is 63.5 Å². The molecule has 17 heavy (non-hydrogen) atoms. The molecular weight excluding hydrogens is 208 g/mol. The molecular formula is C15H30N2. The molecule has 0 aromatic rings. The zero-order valence-electron chi connectivity index (χ0n) is 12.1. The summed E-state index contributed by atoms with van der Waals surface area (Å²) in [6.07, 6.45) is 4.34. The number of rotatable bonds is 5. The van der Waals surface area contributed by atoms with Gasteiger partial charge < -0.3 is 10.2 Å². The Bertz CT molecular complexity index is 241. The summed E-state index contributed by atoms with van der Waals surface area (Å²) in [5.74, 6) is 1.78. The van der Waals surface area contributed by atoms with E-state index in [0.717, 1.165) is 17.3 Å². The lowest BCUT2D eigenvalue weighted by molar-refractivity contribution is 0.172. The summed E-state index contributed by atoms with van der Waals surface area (Å²) in [6.45, 7) is 14.5. The first-order valence-electron chi connectivity index (χ1n) is 7.48. The summed E-state index contributed by atoms with van der Waals surface area (Å²) in [6, 6.07) is 0.705. The number of nitrogens with zero attached hydrogens (tertiary/aromatic N) is 1. The van der Waals surface area contributed by atoms with Gasteiger partial charge in [-0.2, -0.15) is 0 Å². The Morgan fingerprint density at radius 3 is 2.35 bits per heavy atom. The lowest BCUT2D eigenvalue weighted by Crippen LogP contribution is -2.38. The Morgan fingerprint density at radius 2 is 1.82 bits per heavy atom. The molecule has 1 aliphatic heterocycles. The van der Waals surface area contributed by atoms with Crippen molar-refractivity contribution in [3.8, 4) is 0 Å². The molecule has 2 rings (SSSR count). The van der Waals surface area contributed by atoms with Crippen molar-refractivity contribution in [2.45, 2.75) is 53.0 Å². The van der Waals surface area contributed by atoms with Crippen LogP contribution >= 0.6 is 0 Å². The zero-order chi connectivity index (χ0) is 12.5. The predicted molar refractivity (Wildman–Crippen MR) is 74.2 cm³/mol. The maximum atomic E-state index is 3.50. The van der Waals surface area contributed by atoms with Gasteiger partial charge >= 0.3 is 0 Å². The molecule has 1 aliphatic carbocycles. The largest absolute Gasteiger partial charge is 0.317 e. The van der Waals surface area contributed by atoms with Crippen LogP contribution < -0.4 is 5.32 Å². The Balaban J connectivity index is 1.83. The zero-order valence-corrected chi connectivity index (χ0v) is 12.1. The van der Waals surface area contributed by atoms with Crippen LogP contribution in [0.25, 0.3) is 0 Å². The van der Waals surface area contributed by atoms with Gasteiger partial charge in [0, 0.05) is 19.1 Å². The second kappa shape index (κ2) is 5.27. The van der Waals surface area contributed by atoms with Crippen LogP contribution in [0.2, 0.25) is 0 Å². The SMILES string of the molecule is CC(C)CN(CC1CC12CCNCC2)C(C)C. The van der Waals surface area contributed by atoms with Crippen molar-refractivity contribution in [3.63, 3.8) is 0 Å². The van der Waals surface area contributed by atoms with Gasteiger partial charge in [0.25, 0.3) is 0 Å². The highest BCUT2D eigenvalue weighted by atomic mass is 15.2. The molecule has 1 spiro atoms. The molecule has 0 aromatic heterocycles. The van der Waals surface area contributed by atoms with Crippen LogP contribution in [-0.4, -0.2) is 37.1 Å². The van der Waals surface area contributed by atoms with E-state index >= 15 is 0 Å². The van der Waals surface area contributed by atoms with Gasteiger partial charge in [-0.25, -0.2) is 0 Å².